The van der Waals surface area contributed by atoms with Crippen LogP contribution >= 0.6 is 0 Å². The molecule has 3 aromatic rings. The predicted octanol–water partition coefficient (Wildman–Crippen LogP) is 4.89. The molecule has 1 amide bonds. The summed E-state index contributed by atoms with van der Waals surface area (Å²) in [6.07, 6.45) is -0.624. The van der Waals surface area contributed by atoms with E-state index in [0.29, 0.717) is 35.3 Å². The van der Waals surface area contributed by atoms with Gasteiger partial charge in [0.1, 0.15) is 29.6 Å². The van der Waals surface area contributed by atoms with Gasteiger partial charge < -0.3 is 18.9 Å². The van der Waals surface area contributed by atoms with Crippen LogP contribution in [0.4, 0.5) is 10.5 Å². The Hall–Kier alpha value is -3.67. The van der Waals surface area contributed by atoms with Crippen molar-refractivity contribution in [3.63, 3.8) is 0 Å². The number of rotatable bonds is 7. The molecule has 0 aliphatic carbocycles. The minimum Gasteiger partial charge on any atom is -0.497 e. The quantitative estimate of drug-likeness (QED) is 0.633. The smallest absolute Gasteiger partial charge is 0.417 e. The molecular formula is C22H21NO5. The van der Waals surface area contributed by atoms with Gasteiger partial charge in [-0.25, -0.2) is 4.79 Å². The number of carbonyl (C=O) groups is 1. The molecule has 0 unspecified atom stereocenters. The van der Waals surface area contributed by atoms with E-state index in [1.165, 1.54) is 7.11 Å². The highest BCUT2D eigenvalue weighted by Crippen LogP contribution is 2.29. The summed E-state index contributed by atoms with van der Waals surface area (Å²) in [5.41, 5.74) is 1.56. The molecule has 6 nitrogen and oxygen atoms in total. The second-order valence-corrected chi connectivity index (χ2v) is 5.83. The molecular weight excluding hydrogens is 358 g/mol. The van der Waals surface area contributed by atoms with E-state index in [1.807, 2.05) is 30.3 Å². The summed E-state index contributed by atoms with van der Waals surface area (Å²) < 4.78 is 21.4. The van der Waals surface area contributed by atoms with Crippen LogP contribution in [-0.2, 0) is 6.61 Å². The van der Waals surface area contributed by atoms with Crippen LogP contribution in [0.2, 0.25) is 0 Å². The van der Waals surface area contributed by atoms with Crippen LogP contribution in [0, 0.1) is 0 Å². The molecule has 0 aliphatic heterocycles. The number of methoxy groups -OCH3 is 2. The molecule has 0 spiro atoms. The van der Waals surface area contributed by atoms with Crippen molar-refractivity contribution >= 4 is 11.8 Å². The summed E-state index contributed by atoms with van der Waals surface area (Å²) in [5, 5.41) is 2.65. The zero-order valence-corrected chi connectivity index (χ0v) is 15.7. The Morgan fingerprint density at radius 1 is 0.821 bits per heavy atom. The van der Waals surface area contributed by atoms with Crippen molar-refractivity contribution in [2.75, 3.05) is 19.5 Å². The topological polar surface area (TPSA) is 66.0 Å². The van der Waals surface area contributed by atoms with E-state index in [1.54, 1.807) is 49.6 Å². The second-order valence-electron chi connectivity index (χ2n) is 5.83. The SMILES string of the molecule is COc1ccc(NC(=O)Oc2ccc(OCc3ccccc3)cc2)c(OC)c1. The molecule has 1 N–H and O–H groups in total. The van der Waals surface area contributed by atoms with Crippen LogP contribution in [0.1, 0.15) is 5.56 Å². The highest BCUT2D eigenvalue weighted by atomic mass is 16.6. The number of hydrogen-bond acceptors (Lipinski definition) is 5. The number of anilines is 1. The third-order valence-corrected chi connectivity index (χ3v) is 3.93. The summed E-state index contributed by atoms with van der Waals surface area (Å²) in [4.78, 5) is 12.1. The lowest BCUT2D eigenvalue weighted by molar-refractivity contribution is 0.215. The molecule has 0 saturated carbocycles. The number of nitrogens with one attached hydrogen (secondary N) is 1. The zero-order chi connectivity index (χ0) is 19.8. The molecule has 0 aromatic heterocycles. The van der Waals surface area contributed by atoms with Crippen molar-refractivity contribution in [3.05, 3.63) is 78.4 Å². The van der Waals surface area contributed by atoms with Gasteiger partial charge in [-0.3, -0.25) is 5.32 Å². The van der Waals surface area contributed by atoms with Crippen LogP contribution in [0.15, 0.2) is 72.8 Å². The van der Waals surface area contributed by atoms with Gasteiger partial charge in [-0.1, -0.05) is 30.3 Å². The lowest BCUT2D eigenvalue weighted by Gasteiger charge is -2.12. The Morgan fingerprint density at radius 3 is 2.18 bits per heavy atom. The maximum absolute atomic E-state index is 12.1. The normalized spacial score (nSPS) is 10.1. The molecule has 0 bridgehead atoms. The first-order valence-electron chi connectivity index (χ1n) is 8.65. The van der Waals surface area contributed by atoms with E-state index in [9.17, 15) is 4.79 Å². The molecule has 0 aliphatic rings. The Labute approximate surface area is 163 Å². The molecule has 3 rings (SSSR count). The van der Waals surface area contributed by atoms with Crippen LogP contribution in [0.5, 0.6) is 23.0 Å². The Balaban J connectivity index is 1.56. The number of amides is 1. The molecule has 0 saturated heterocycles. The van der Waals surface area contributed by atoms with Crippen LogP contribution in [0.25, 0.3) is 0 Å². The fourth-order valence-corrected chi connectivity index (χ4v) is 2.49. The van der Waals surface area contributed by atoms with Crippen molar-refractivity contribution < 1.29 is 23.7 Å². The fraction of sp³-hybridized carbons (Fsp3) is 0.136. The summed E-state index contributed by atoms with van der Waals surface area (Å²) >= 11 is 0. The Kier molecular flexibility index (Phi) is 6.36. The van der Waals surface area contributed by atoms with Crippen molar-refractivity contribution in [1.29, 1.82) is 0 Å². The van der Waals surface area contributed by atoms with Crippen LogP contribution in [-0.4, -0.2) is 20.3 Å². The highest BCUT2D eigenvalue weighted by molar-refractivity contribution is 5.88. The van der Waals surface area contributed by atoms with Gasteiger partial charge in [0.2, 0.25) is 0 Å². The van der Waals surface area contributed by atoms with E-state index in [-0.39, 0.29) is 0 Å². The largest absolute Gasteiger partial charge is 0.497 e. The van der Waals surface area contributed by atoms with Crippen molar-refractivity contribution in [3.8, 4) is 23.0 Å². The lowest BCUT2D eigenvalue weighted by Crippen LogP contribution is -2.17. The van der Waals surface area contributed by atoms with Gasteiger partial charge in [0.05, 0.1) is 19.9 Å². The molecule has 144 valence electrons. The Morgan fingerprint density at radius 2 is 1.50 bits per heavy atom. The van der Waals surface area contributed by atoms with Gasteiger partial charge in [-0.15, -0.1) is 0 Å². The summed E-state index contributed by atoms with van der Waals surface area (Å²) in [5.74, 6) is 2.19. The molecule has 0 radical (unpaired) electrons. The average molecular weight is 379 g/mol. The summed E-state index contributed by atoms with van der Waals surface area (Å²) in [6, 6.07) is 21.8. The van der Waals surface area contributed by atoms with Gasteiger partial charge in [-0.05, 0) is 42.0 Å². The number of ether oxygens (including phenoxy) is 4. The van der Waals surface area contributed by atoms with Crippen LogP contribution in [0.3, 0.4) is 0 Å². The lowest BCUT2D eigenvalue weighted by atomic mass is 10.2. The first kappa shape index (κ1) is 19.1. The minimum absolute atomic E-state index is 0.400. The maximum Gasteiger partial charge on any atom is 0.417 e. The van der Waals surface area contributed by atoms with Crippen molar-refractivity contribution in [2.24, 2.45) is 0 Å². The highest BCUT2D eigenvalue weighted by Gasteiger charge is 2.11. The predicted molar refractivity (Wildman–Crippen MR) is 106 cm³/mol. The molecule has 0 atom stereocenters. The number of benzene rings is 3. The first-order chi connectivity index (χ1) is 13.7. The van der Waals surface area contributed by atoms with E-state index in [4.69, 9.17) is 18.9 Å². The molecule has 0 heterocycles. The first-order valence-corrected chi connectivity index (χ1v) is 8.65. The monoisotopic (exact) mass is 379 g/mol. The average Bonchev–Trinajstić information content (AvgIpc) is 2.74. The standard InChI is InChI=1S/C22H21NO5/c1-25-19-12-13-20(21(14-19)26-2)23-22(24)28-18-10-8-17(9-11-18)27-15-16-6-4-3-5-7-16/h3-14H,15H2,1-2H3,(H,23,24). The van der Waals surface area contributed by atoms with Gasteiger partial charge in [0.25, 0.3) is 0 Å². The van der Waals surface area contributed by atoms with Gasteiger partial charge in [0, 0.05) is 6.07 Å². The molecule has 3 aromatic carbocycles. The van der Waals surface area contributed by atoms with E-state index in [0.717, 1.165) is 5.56 Å². The second kappa shape index (κ2) is 9.32. The van der Waals surface area contributed by atoms with Gasteiger partial charge >= 0.3 is 6.09 Å². The summed E-state index contributed by atoms with van der Waals surface area (Å²) in [7, 11) is 3.07. The Bertz CT molecular complexity index is 910. The fourth-order valence-electron chi connectivity index (χ4n) is 2.49. The van der Waals surface area contributed by atoms with Crippen LogP contribution < -0.4 is 24.3 Å². The maximum atomic E-state index is 12.1. The molecule has 0 fully saturated rings. The van der Waals surface area contributed by atoms with Gasteiger partial charge in [0.15, 0.2) is 0 Å². The van der Waals surface area contributed by atoms with E-state index >= 15 is 0 Å². The van der Waals surface area contributed by atoms with E-state index < -0.39 is 6.09 Å². The molecule has 28 heavy (non-hydrogen) atoms. The number of hydrogen-bond donors (Lipinski definition) is 1. The van der Waals surface area contributed by atoms with Crippen molar-refractivity contribution in [1.82, 2.24) is 0 Å². The van der Waals surface area contributed by atoms with Gasteiger partial charge in [-0.2, -0.15) is 0 Å². The molecule has 6 heteroatoms. The minimum atomic E-state index is -0.624. The summed E-state index contributed by atoms with van der Waals surface area (Å²) in [6.45, 7) is 0.471. The third kappa shape index (κ3) is 5.17. The third-order valence-electron chi connectivity index (χ3n) is 3.93. The van der Waals surface area contributed by atoms with Crippen molar-refractivity contribution in [2.45, 2.75) is 6.61 Å². The van der Waals surface area contributed by atoms with E-state index in [2.05, 4.69) is 5.32 Å². The zero-order valence-electron chi connectivity index (χ0n) is 15.7. The number of carbonyl (C=O) groups excluding carboxylic acids is 1.